The largest absolute Gasteiger partial charge is 0.435 e. The number of hydrogen-bond acceptors (Lipinski definition) is 4. The number of halogens is 4. The van der Waals surface area contributed by atoms with Gasteiger partial charge in [0, 0.05) is 38.1 Å². The number of rotatable bonds is 5. The lowest BCUT2D eigenvalue weighted by Crippen LogP contribution is -2.51. The van der Waals surface area contributed by atoms with Crippen LogP contribution in [-0.2, 0) is 22.3 Å². The lowest BCUT2D eigenvalue weighted by molar-refractivity contribution is -0.142. The summed E-state index contributed by atoms with van der Waals surface area (Å²) >= 11 is 0. The van der Waals surface area contributed by atoms with E-state index in [1.807, 2.05) is 4.90 Å². The van der Waals surface area contributed by atoms with Crippen LogP contribution in [0.2, 0.25) is 0 Å². The third-order valence-corrected chi connectivity index (χ3v) is 4.43. The van der Waals surface area contributed by atoms with E-state index in [-0.39, 0.29) is 24.9 Å². The lowest BCUT2D eigenvalue weighted by Gasteiger charge is -2.34. The Morgan fingerprint density at radius 3 is 2.41 bits per heavy atom. The summed E-state index contributed by atoms with van der Waals surface area (Å²) < 4.78 is 51.8. The maximum absolute atomic E-state index is 13.1. The summed E-state index contributed by atoms with van der Waals surface area (Å²) in [5.74, 6) is -1.09. The van der Waals surface area contributed by atoms with E-state index in [4.69, 9.17) is 0 Å². The molecule has 11 heteroatoms. The normalized spacial score (nSPS) is 15.4. The summed E-state index contributed by atoms with van der Waals surface area (Å²) in [4.78, 5) is 27.7. The molecule has 1 saturated heterocycles. The fourth-order valence-corrected chi connectivity index (χ4v) is 2.96. The minimum absolute atomic E-state index is 0.0899. The van der Waals surface area contributed by atoms with E-state index >= 15 is 0 Å². The van der Waals surface area contributed by atoms with Crippen molar-refractivity contribution >= 4 is 17.5 Å². The maximum Gasteiger partial charge on any atom is 0.435 e. The van der Waals surface area contributed by atoms with Gasteiger partial charge < -0.3 is 10.2 Å². The zero-order valence-electron chi connectivity index (χ0n) is 15.3. The van der Waals surface area contributed by atoms with Gasteiger partial charge in [0.1, 0.15) is 12.4 Å². The zero-order chi connectivity index (χ0) is 21.0. The number of amides is 2. The van der Waals surface area contributed by atoms with Gasteiger partial charge in [-0.2, -0.15) is 18.3 Å². The van der Waals surface area contributed by atoms with Crippen LogP contribution in [0.1, 0.15) is 5.69 Å². The Labute approximate surface area is 163 Å². The number of nitrogens with zero attached hydrogens (tertiary/aromatic N) is 4. The monoisotopic (exact) mass is 413 g/mol. The molecule has 1 aliphatic heterocycles. The van der Waals surface area contributed by atoms with Crippen LogP contribution in [0.5, 0.6) is 0 Å². The molecule has 0 atom stereocenters. The number of aromatic nitrogens is 2. The Morgan fingerprint density at radius 1 is 1.07 bits per heavy atom. The minimum atomic E-state index is -4.55. The summed E-state index contributed by atoms with van der Waals surface area (Å²) in [7, 11) is 0. The van der Waals surface area contributed by atoms with Gasteiger partial charge in [-0.25, -0.2) is 4.39 Å². The summed E-state index contributed by atoms with van der Waals surface area (Å²) in [5.41, 5.74) is -0.680. The molecule has 0 radical (unpaired) electrons. The van der Waals surface area contributed by atoms with E-state index in [9.17, 15) is 27.2 Å². The van der Waals surface area contributed by atoms with E-state index in [1.165, 1.54) is 23.1 Å². The molecule has 2 heterocycles. The van der Waals surface area contributed by atoms with Gasteiger partial charge in [-0.15, -0.1) is 0 Å². The molecule has 29 heavy (non-hydrogen) atoms. The Bertz CT molecular complexity index is 875. The molecular weight excluding hydrogens is 394 g/mol. The maximum atomic E-state index is 13.1. The summed E-state index contributed by atoms with van der Waals surface area (Å²) in [6, 6.07) is 6.39. The van der Waals surface area contributed by atoms with Crippen molar-refractivity contribution < 1.29 is 27.2 Å². The van der Waals surface area contributed by atoms with Crippen LogP contribution in [0.15, 0.2) is 36.5 Å². The minimum Gasteiger partial charge on any atom is -0.339 e. The van der Waals surface area contributed by atoms with Crippen molar-refractivity contribution in [3.63, 3.8) is 0 Å². The molecule has 0 bridgehead atoms. The molecule has 3 rings (SSSR count). The van der Waals surface area contributed by atoms with Gasteiger partial charge in [-0.3, -0.25) is 19.2 Å². The number of piperazine rings is 1. The molecule has 0 saturated carbocycles. The average Bonchev–Trinajstić information content (AvgIpc) is 3.11. The van der Waals surface area contributed by atoms with Crippen LogP contribution in [0.25, 0.3) is 0 Å². The molecule has 1 fully saturated rings. The first-order chi connectivity index (χ1) is 13.7. The number of hydrogen-bond donors (Lipinski definition) is 1. The SMILES string of the molecule is O=C(CN1CCN(C(=O)Cn2ccc(C(F)(F)F)n2)CC1)Nc1cccc(F)c1. The van der Waals surface area contributed by atoms with E-state index in [0.717, 1.165) is 16.9 Å². The van der Waals surface area contributed by atoms with Crippen molar-refractivity contribution in [2.24, 2.45) is 0 Å². The van der Waals surface area contributed by atoms with Gasteiger partial charge in [0.25, 0.3) is 0 Å². The van der Waals surface area contributed by atoms with Crippen LogP contribution in [0.3, 0.4) is 0 Å². The smallest absolute Gasteiger partial charge is 0.339 e. The van der Waals surface area contributed by atoms with Gasteiger partial charge in [-0.05, 0) is 24.3 Å². The van der Waals surface area contributed by atoms with E-state index in [2.05, 4.69) is 10.4 Å². The number of benzene rings is 1. The Balaban J connectivity index is 1.44. The van der Waals surface area contributed by atoms with Crippen LogP contribution < -0.4 is 5.32 Å². The first kappa shape index (κ1) is 20.8. The summed E-state index contributed by atoms with van der Waals surface area (Å²) in [5, 5.41) is 5.98. The predicted octanol–water partition coefficient (Wildman–Crippen LogP) is 1.82. The predicted molar refractivity (Wildman–Crippen MR) is 95.3 cm³/mol. The second-order valence-electron chi connectivity index (χ2n) is 6.61. The number of nitrogens with one attached hydrogen (secondary N) is 1. The van der Waals surface area contributed by atoms with Crippen molar-refractivity contribution in [3.05, 3.63) is 48.0 Å². The fourth-order valence-electron chi connectivity index (χ4n) is 2.96. The Morgan fingerprint density at radius 2 is 1.79 bits per heavy atom. The topological polar surface area (TPSA) is 70.5 Å². The van der Waals surface area contributed by atoms with Crippen LogP contribution in [-0.4, -0.2) is 64.1 Å². The Hall–Kier alpha value is -2.95. The van der Waals surface area contributed by atoms with Crippen LogP contribution >= 0.6 is 0 Å². The number of alkyl halides is 3. The van der Waals surface area contributed by atoms with Crippen molar-refractivity contribution in [3.8, 4) is 0 Å². The molecule has 1 N–H and O–H groups in total. The van der Waals surface area contributed by atoms with Crippen LogP contribution in [0, 0.1) is 5.82 Å². The molecular formula is C18H19F4N5O2. The zero-order valence-corrected chi connectivity index (χ0v) is 15.3. The van der Waals surface area contributed by atoms with E-state index < -0.39 is 17.7 Å². The van der Waals surface area contributed by atoms with E-state index in [0.29, 0.717) is 31.9 Å². The van der Waals surface area contributed by atoms with Crippen LogP contribution in [0.4, 0.5) is 23.2 Å². The van der Waals surface area contributed by atoms with Crippen molar-refractivity contribution in [1.29, 1.82) is 0 Å². The standard InChI is InChI=1S/C18H19F4N5O2/c19-13-2-1-3-14(10-13)23-16(28)11-25-6-8-26(9-7-25)17(29)12-27-5-4-15(24-27)18(20,21)22/h1-5,10H,6-9,11-12H2,(H,23,28). The molecule has 2 amide bonds. The van der Waals surface area contributed by atoms with Gasteiger partial charge in [0.2, 0.25) is 11.8 Å². The summed E-state index contributed by atoms with van der Waals surface area (Å²) in [6.07, 6.45) is -3.43. The Kier molecular flexibility index (Phi) is 6.16. The molecule has 1 aromatic heterocycles. The molecule has 1 aliphatic rings. The molecule has 0 unspecified atom stereocenters. The molecule has 0 aliphatic carbocycles. The highest BCUT2D eigenvalue weighted by Gasteiger charge is 2.33. The molecule has 156 valence electrons. The number of carbonyl (C=O) groups is 2. The lowest BCUT2D eigenvalue weighted by atomic mass is 10.3. The second-order valence-corrected chi connectivity index (χ2v) is 6.61. The van der Waals surface area contributed by atoms with E-state index in [1.54, 1.807) is 6.07 Å². The highest BCUT2D eigenvalue weighted by atomic mass is 19.4. The van der Waals surface area contributed by atoms with Crippen molar-refractivity contribution in [2.45, 2.75) is 12.7 Å². The quantitative estimate of drug-likeness (QED) is 0.760. The molecule has 1 aromatic carbocycles. The average molecular weight is 413 g/mol. The highest BCUT2D eigenvalue weighted by Crippen LogP contribution is 2.27. The third kappa shape index (κ3) is 5.76. The summed E-state index contributed by atoms with van der Waals surface area (Å²) in [6.45, 7) is 1.38. The van der Waals surface area contributed by atoms with Gasteiger partial charge in [0.05, 0.1) is 6.54 Å². The van der Waals surface area contributed by atoms with Gasteiger partial charge in [-0.1, -0.05) is 6.07 Å². The number of carbonyl (C=O) groups excluding carboxylic acids is 2. The molecule has 2 aromatic rings. The van der Waals surface area contributed by atoms with Crippen molar-refractivity contribution in [2.75, 3.05) is 38.0 Å². The number of anilines is 1. The second kappa shape index (κ2) is 8.60. The highest BCUT2D eigenvalue weighted by molar-refractivity contribution is 5.92. The first-order valence-corrected chi connectivity index (χ1v) is 8.87. The molecule has 7 nitrogen and oxygen atoms in total. The first-order valence-electron chi connectivity index (χ1n) is 8.87. The third-order valence-electron chi connectivity index (χ3n) is 4.43. The molecule has 0 spiro atoms. The van der Waals surface area contributed by atoms with Gasteiger partial charge >= 0.3 is 6.18 Å². The van der Waals surface area contributed by atoms with Gasteiger partial charge in [0.15, 0.2) is 5.69 Å². The van der Waals surface area contributed by atoms with Crippen molar-refractivity contribution in [1.82, 2.24) is 19.6 Å². The fraction of sp³-hybridized carbons (Fsp3) is 0.389.